The van der Waals surface area contributed by atoms with Crippen LogP contribution in [0.25, 0.3) is 0 Å². The molecule has 0 aliphatic heterocycles. The van der Waals surface area contributed by atoms with E-state index in [2.05, 4.69) is 20.8 Å². The summed E-state index contributed by atoms with van der Waals surface area (Å²) in [5, 5.41) is 1.49. The molecule has 13 nitrogen and oxygen atoms in total. The molecule has 0 aromatic heterocycles. The summed E-state index contributed by atoms with van der Waals surface area (Å²) >= 11 is 0. The highest BCUT2D eigenvalue weighted by Gasteiger charge is 2.52. The van der Waals surface area contributed by atoms with E-state index >= 15 is 0 Å². The van der Waals surface area contributed by atoms with Gasteiger partial charge in [-0.25, -0.2) is 28.8 Å². The van der Waals surface area contributed by atoms with E-state index in [-0.39, 0.29) is 6.61 Å². The normalized spacial score (nSPS) is 15.2. The van der Waals surface area contributed by atoms with Crippen molar-refractivity contribution in [1.29, 1.82) is 0 Å². The van der Waals surface area contributed by atoms with Crippen LogP contribution in [0.5, 0.6) is 0 Å². The average molecular weight is 717 g/mol. The second-order valence-electron chi connectivity index (χ2n) is 12.6. The van der Waals surface area contributed by atoms with Gasteiger partial charge in [0.05, 0.1) is 6.61 Å². The summed E-state index contributed by atoms with van der Waals surface area (Å²) in [4.78, 5) is 75.0. The lowest BCUT2D eigenvalue weighted by Crippen LogP contribution is -2.68. The monoisotopic (exact) mass is 716 g/mol. The Hall–Kier alpha value is -4.56. The van der Waals surface area contributed by atoms with Crippen LogP contribution in [-0.2, 0) is 61.6 Å². The smallest absolute Gasteiger partial charge is 0.347 e. The minimum absolute atomic E-state index is 0.0873. The Morgan fingerprint density at radius 2 is 0.780 bits per heavy atom. The molecule has 0 saturated heterocycles. The van der Waals surface area contributed by atoms with Gasteiger partial charge >= 0.3 is 35.8 Å². The summed E-state index contributed by atoms with van der Waals surface area (Å²) < 4.78 is 37.0. The Balaban J connectivity index is 2.00. The lowest BCUT2D eigenvalue weighted by molar-refractivity contribution is -0.187. The van der Waals surface area contributed by atoms with Gasteiger partial charge in [-0.1, -0.05) is 81.4 Å². The van der Waals surface area contributed by atoms with Gasteiger partial charge in [0.2, 0.25) is 0 Å². The fraction of sp³-hybridized carbons (Fsp3) is 0.500. The zero-order valence-electron chi connectivity index (χ0n) is 30.3. The molecule has 14 heteroatoms. The molecule has 0 heterocycles. The zero-order chi connectivity index (χ0) is 37.8. The molecule has 0 N–H and O–H groups in total. The Kier molecular flexibility index (Phi) is 15.3. The van der Waals surface area contributed by atoms with Gasteiger partial charge in [-0.05, 0) is 63.9 Å². The van der Waals surface area contributed by atoms with Crippen LogP contribution in [0, 0.1) is 0 Å². The largest absolute Gasteiger partial charge is 0.463 e. The number of hydrogen-bond donors (Lipinski definition) is 0. The van der Waals surface area contributed by atoms with E-state index < -0.39 is 85.8 Å². The van der Waals surface area contributed by atoms with Crippen molar-refractivity contribution in [3.8, 4) is 0 Å². The number of carbonyl (C=O) groups excluding carboxylic acids is 6. The highest BCUT2D eigenvalue weighted by Crippen LogP contribution is 2.37. The average Bonchev–Trinajstić information content (AvgIpc) is 3.06. The van der Waals surface area contributed by atoms with Crippen LogP contribution in [0.4, 0.5) is 0 Å². The number of esters is 6. The molecule has 50 heavy (non-hydrogen) atoms. The van der Waals surface area contributed by atoms with Crippen molar-refractivity contribution < 1.29 is 61.6 Å². The maximum Gasteiger partial charge on any atom is 0.347 e. The Bertz CT molecular complexity index is 1430. The minimum Gasteiger partial charge on any atom is -0.463 e. The van der Waals surface area contributed by atoms with Crippen molar-refractivity contribution in [3.05, 3.63) is 60.7 Å². The Labute approximate surface area is 294 Å². The van der Waals surface area contributed by atoms with Crippen molar-refractivity contribution in [2.24, 2.45) is 0 Å². The molecule has 2 aromatic carbocycles. The van der Waals surface area contributed by atoms with E-state index in [1.807, 2.05) is 60.7 Å². The van der Waals surface area contributed by atoms with E-state index in [4.69, 9.17) is 32.8 Å². The van der Waals surface area contributed by atoms with E-state index in [1.54, 1.807) is 13.8 Å². The third-order valence-electron chi connectivity index (χ3n) is 7.51. The number of rotatable bonds is 16. The van der Waals surface area contributed by atoms with E-state index in [0.717, 1.165) is 10.4 Å². The highest BCUT2D eigenvalue weighted by atomic mass is 28.4. The molecular formula is C36H48O13Si. The van der Waals surface area contributed by atoms with Gasteiger partial charge in [0, 0.05) is 0 Å². The van der Waals surface area contributed by atoms with Crippen molar-refractivity contribution in [1.82, 2.24) is 0 Å². The first-order chi connectivity index (χ1) is 23.3. The number of benzene rings is 2. The second kappa shape index (κ2) is 18.4. The van der Waals surface area contributed by atoms with Crippen molar-refractivity contribution in [3.63, 3.8) is 0 Å². The summed E-state index contributed by atoms with van der Waals surface area (Å²) in [6, 6.07) is 19.4. The first-order valence-electron chi connectivity index (χ1n) is 16.3. The van der Waals surface area contributed by atoms with Crippen molar-refractivity contribution in [2.45, 2.75) is 111 Å². The summed E-state index contributed by atoms with van der Waals surface area (Å²) in [6.07, 6.45) is -8.18. The molecule has 0 aliphatic rings. The number of carbonyl (C=O) groups is 6. The molecule has 0 saturated carbocycles. The second-order valence-corrected chi connectivity index (χ2v) is 16.8. The fourth-order valence-corrected chi connectivity index (χ4v) is 9.50. The summed E-state index contributed by atoms with van der Waals surface area (Å²) in [6.45, 7) is 15.6. The first-order valence-corrected chi connectivity index (χ1v) is 18.2. The van der Waals surface area contributed by atoms with Crippen molar-refractivity contribution in [2.75, 3.05) is 6.61 Å². The molecule has 0 spiro atoms. The topological polar surface area (TPSA) is 167 Å². The van der Waals surface area contributed by atoms with Crippen LogP contribution in [0.1, 0.15) is 69.2 Å². The zero-order valence-corrected chi connectivity index (χ0v) is 31.3. The number of ether oxygens (including phenoxy) is 6. The fourth-order valence-electron chi connectivity index (χ4n) is 4.85. The predicted octanol–water partition coefficient (Wildman–Crippen LogP) is 3.17. The van der Waals surface area contributed by atoms with Crippen LogP contribution in [0.3, 0.4) is 0 Å². The first kappa shape index (κ1) is 41.6. The van der Waals surface area contributed by atoms with Gasteiger partial charge in [-0.15, -0.1) is 0 Å². The summed E-state index contributed by atoms with van der Waals surface area (Å²) in [7, 11) is -3.11. The van der Waals surface area contributed by atoms with Crippen LogP contribution >= 0.6 is 0 Å². The quantitative estimate of drug-likeness (QED) is 0.141. The standard InChI is InChI=1S/C36H48O13Si/c1-11-43-30(37)22(2)44-31(38)23(3)45-32(39)24(4)46-33(40)25(5)47-34(41)26(6)48-35(42)27(7)49-50(36(8,9)10,28-18-14-12-15-19-28)29-20-16-13-17-21-29/h12-27H,11H2,1-10H3/t22-,23-,24-,25-,26-,27-/m0/s1. The molecule has 0 radical (unpaired) electrons. The lowest BCUT2D eigenvalue weighted by Gasteiger charge is -2.44. The molecule has 0 amide bonds. The molecular weight excluding hydrogens is 668 g/mol. The minimum atomic E-state index is -3.11. The summed E-state index contributed by atoms with van der Waals surface area (Å²) in [5.74, 6) is -5.83. The van der Waals surface area contributed by atoms with Gasteiger partial charge in [-0.3, -0.25) is 0 Å². The van der Waals surface area contributed by atoms with Crippen LogP contribution in [0.15, 0.2) is 60.7 Å². The molecule has 274 valence electrons. The third-order valence-corrected chi connectivity index (χ3v) is 12.6. The maximum absolute atomic E-state index is 13.3. The molecule has 0 fully saturated rings. The van der Waals surface area contributed by atoms with Crippen molar-refractivity contribution >= 4 is 54.5 Å². The Morgan fingerprint density at radius 1 is 0.500 bits per heavy atom. The Morgan fingerprint density at radius 3 is 1.06 bits per heavy atom. The van der Waals surface area contributed by atoms with Gasteiger partial charge < -0.3 is 32.8 Å². The number of hydrogen-bond acceptors (Lipinski definition) is 13. The molecule has 0 unspecified atom stereocenters. The predicted molar refractivity (Wildman–Crippen MR) is 183 cm³/mol. The highest BCUT2D eigenvalue weighted by molar-refractivity contribution is 6.99. The third kappa shape index (κ3) is 11.0. The van der Waals surface area contributed by atoms with Gasteiger partial charge in [0.25, 0.3) is 8.32 Å². The lowest BCUT2D eigenvalue weighted by atomic mass is 10.2. The van der Waals surface area contributed by atoms with Gasteiger partial charge in [0.1, 0.15) is 6.10 Å². The molecule has 0 bridgehead atoms. The van der Waals surface area contributed by atoms with E-state index in [1.165, 1.54) is 34.6 Å². The van der Waals surface area contributed by atoms with Crippen LogP contribution in [-0.4, -0.2) is 87.4 Å². The molecule has 2 rings (SSSR count). The maximum atomic E-state index is 13.3. The van der Waals surface area contributed by atoms with Gasteiger partial charge in [0.15, 0.2) is 30.5 Å². The van der Waals surface area contributed by atoms with E-state index in [0.29, 0.717) is 0 Å². The molecule has 0 aliphatic carbocycles. The van der Waals surface area contributed by atoms with E-state index in [9.17, 15) is 28.8 Å². The molecule has 6 atom stereocenters. The SMILES string of the molecule is CCOC(=O)[C@H](C)OC(=O)[C@H](C)OC(=O)[C@H](C)OC(=O)[C@H](C)OC(=O)[C@H](C)OC(=O)[C@H](C)O[Si](c1ccccc1)(c1ccccc1)C(C)(C)C. The summed E-state index contributed by atoms with van der Waals surface area (Å²) in [5.41, 5.74) is 0. The van der Waals surface area contributed by atoms with Gasteiger partial charge in [-0.2, -0.15) is 0 Å². The molecule has 2 aromatic rings. The van der Waals surface area contributed by atoms with Crippen LogP contribution in [0.2, 0.25) is 5.04 Å². The van der Waals surface area contributed by atoms with Crippen LogP contribution < -0.4 is 10.4 Å².